The molecule has 3 aromatic rings. The number of ether oxygens (including phenoxy) is 2. The maximum Gasteiger partial charge on any atom is 0.341 e. The number of para-hydroxylation sites is 1. The zero-order valence-corrected chi connectivity index (χ0v) is 24.5. The number of fused-ring (bicyclic) bond motifs is 3. The average Bonchev–Trinajstić information content (AvgIpc) is 3.11. The number of carbonyl (C=O) groups excluding carboxylic acids is 3. The van der Waals surface area contributed by atoms with Crippen LogP contribution in [0.15, 0.2) is 24.3 Å². The molecule has 2 aromatic heterocycles. The van der Waals surface area contributed by atoms with Crippen LogP contribution in [-0.4, -0.2) is 53.0 Å². The first kappa shape index (κ1) is 28.2. The summed E-state index contributed by atoms with van der Waals surface area (Å²) in [5, 5.41) is 4.08. The van der Waals surface area contributed by atoms with Crippen molar-refractivity contribution >= 4 is 45.1 Å². The van der Waals surface area contributed by atoms with Crippen molar-refractivity contribution in [1.29, 1.82) is 0 Å². The molecule has 0 fully saturated rings. The molecule has 8 nitrogen and oxygen atoms in total. The summed E-state index contributed by atoms with van der Waals surface area (Å²) in [6, 6.07) is 7.88. The number of carbonyl (C=O) groups is 3. The van der Waals surface area contributed by atoms with Crippen LogP contribution in [0.1, 0.15) is 89.4 Å². The van der Waals surface area contributed by atoms with Gasteiger partial charge in [-0.3, -0.25) is 14.7 Å². The third kappa shape index (κ3) is 5.63. The van der Waals surface area contributed by atoms with Crippen LogP contribution in [-0.2, 0) is 40.1 Å². The highest BCUT2D eigenvalue weighted by Crippen LogP contribution is 2.38. The van der Waals surface area contributed by atoms with Gasteiger partial charge in [0, 0.05) is 47.1 Å². The van der Waals surface area contributed by atoms with Crippen LogP contribution in [0.25, 0.3) is 10.9 Å². The van der Waals surface area contributed by atoms with Gasteiger partial charge in [0.1, 0.15) is 5.00 Å². The number of amides is 1. The fourth-order valence-corrected chi connectivity index (χ4v) is 6.90. The first-order chi connectivity index (χ1) is 19.3. The van der Waals surface area contributed by atoms with Gasteiger partial charge in [-0.1, -0.05) is 24.6 Å². The van der Waals surface area contributed by atoms with E-state index in [2.05, 4.69) is 24.1 Å². The van der Waals surface area contributed by atoms with Gasteiger partial charge in [-0.05, 0) is 65.0 Å². The van der Waals surface area contributed by atoms with Crippen LogP contribution in [0.3, 0.4) is 0 Å². The van der Waals surface area contributed by atoms with Gasteiger partial charge in [-0.2, -0.15) is 0 Å². The number of hydrogen-bond donors (Lipinski definition) is 1. The van der Waals surface area contributed by atoms with Crippen molar-refractivity contribution in [3.63, 3.8) is 0 Å². The van der Waals surface area contributed by atoms with Gasteiger partial charge in [-0.25, -0.2) is 9.59 Å². The van der Waals surface area contributed by atoms with Gasteiger partial charge in [-0.15, -0.1) is 11.3 Å². The van der Waals surface area contributed by atoms with E-state index < -0.39 is 23.9 Å². The second kappa shape index (κ2) is 12.1. The lowest BCUT2D eigenvalue weighted by Gasteiger charge is -2.32. The summed E-state index contributed by atoms with van der Waals surface area (Å²) in [5.41, 5.74) is 4.40. The van der Waals surface area contributed by atoms with E-state index in [1.807, 2.05) is 24.3 Å². The van der Waals surface area contributed by atoms with Crippen molar-refractivity contribution in [2.45, 2.75) is 84.9 Å². The number of rotatable bonds is 7. The minimum Gasteiger partial charge on any atom is -0.462 e. The third-order valence-electron chi connectivity index (χ3n) is 7.80. The molecule has 0 bridgehead atoms. The smallest absolute Gasteiger partial charge is 0.341 e. The van der Waals surface area contributed by atoms with E-state index >= 15 is 0 Å². The minimum atomic E-state index is -1.07. The monoisotopic (exact) mass is 563 g/mol. The zero-order chi connectivity index (χ0) is 28.4. The van der Waals surface area contributed by atoms with Gasteiger partial charge in [0.25, 0.3) is 5.91 Å². The number of hydrogen-bond acceptors (Lipinski definition) is 8. The number of pyridine rings is 1. The molecule has 2 aliphatic rings. The highest BCUT2D eigenvalue weighted by atomic mass is 32.1. The van der Waals surface area contributed by atoms with Crippen molar-refractivity contribution in [1.82, 2.24) is 9.88 Å². The van der Waals surface area contributed by atoms with Gasteiger partial charge < -0.3 is 14.8 Å². The first-order valence-electron chi connectivity index (χ1n) is 14.3. The number of anilines is 1. The maximum absolute atomic E-state index is 13.7. The second-order valence-electron chi connectivity index (χ2n) is 10.8. The molecule has 1 N–H and O–H groups in total. The Kier molecular flexibility index (Phi) is 8.51. The highest BCUT2D eigenvalue weighted by molar-refractivity contribution is 7.17. The number of nitrogens with zero attached hydrogens (tertiary/aromatic N) is 2. The van der Waals surface area contributed by atoms with Crippen molar-refractivity contribution in [2.75, 3.05) is 18.5 Å². The fraction of sp³-hybridized carbons (Fsp3) is 0.484. The first-order valence-corrected chi connectivity index (χ1v) is 15.1. The number of nitrogens with one attached hydrogen (secondary N) is 1. The molecule has 40 heavy (non-hydrogen) atoms. The highest BCUT2D eigenvalue weighted by Gasteiger charge is 2.31. The predicted molar refractivity (Wildman–Crippen MR) is 156 cm³/mol. The Hall–Kier alpha value is -3.30. The molecule has 9 heteroatoms. The number of thiophene rings is 1. The minimum absolute atomic E-state index is 0.253. The predicted octanol–water partition coefficient (Wildman–Crippen LogP) is 5.69. The third-order valence-corrected chi connectivity index (χ3v) is 9.01. The Balaban J connectivity index is 1.41. The number of aromatic nitrogens is 1. The summed E-state index contributed by atoms with van der Waals surface area (Å²) in [5.74, 6) is -1.45. The largest absolute Gasteiger partial charge is 0.462 e. The molecule has 1 unspecified atom stereocenters. The Morgan fingerprint density at radius 2 is 1.77 bits per heavy atom. The number of aryl methyl sites for hydroxylation is 1. The Bertz CT molecular complexity index is 1450. The lowest BCUT2D eigenvalue weighted by Crippen LogP contribution is -2.37. The van der Waals surface area contributed by atoms with Crippen LogP contribution in [0.4, 0.5) is 5.00 Å². The lowest BCUT2D eigenvalue weighted by molar-refractivity contribution is -0.123. The Morgan fingerprint density at radius 1 is 1.00 bits per heavy atom. The molecule has 5 rings (SSSR count). The quantitative estimate of drug-likeness (QED) is 0.291. The van der Waals surface area contributed by atoms with E-state index in [9.17, 15) is 14.4 Å². The van der Waals surface area contributed by atoms with Crippen LogP contribution in [0.5, 0.6) is 0 Å². The molecule has 0 radical (unpaired) electrons. The molecular formula is C31H37N3O5S. The maximum atomic E-state index is 13.7. The Labute approximate surface area is 239 Å². The van der Waals surface area contributed by atoms with Crippen LogP contribution >= 0.6 is 11.3 Å². The summed E-state index contributed by atoms with van der Waals surface area (Å²) in [4.78, 5) is 48.2. The summed E-state index contributed by atoms with van der Waals surface area (Å²) in [6.45, 7) is 9.33. The SMILES string of the molecule is CCOC(=O)c1c(NC(=O)C(C)OC(=O)c2c3c(nc4ccccc24)CCN(C(C)C)C3)sc2c1CCCCC2. The second-order valence-corrected chi connectivity index (χ2v) is 11.9. The Morgan fingerprint density at radius 3 is 2.55 bits per heavy atom. The molecule has 1 amide bonds. The summed E-state index contributed by atoms with van der Waals surface area (Å²) >= 11 is 1.43. The van der Waals surface area contributed by atoms with Crippen molar-refractivity contribution < 1.29 is 23.9 Å². The molecule has 1 aromatic carbocycles. The van der Waals surface area contributed by atoms with E-state index in [0.717, 1.165) is 77.7 Å². The molecule has 1 aliphatic heterocycles. The van der Waals surface area contributed by atoms with Crippen molar-refractivity contribution in [3.05, 3.63) is 57.1 Å². The zero-order valence-electron chi connectivity index (χ0n) is 23.7. The standard InChI is InChI=1S/C31H37N3O5S/c1-5-38-30(36)27-21-12-7-6-8-14-25(21)40-29(27)33-28(35)19(4)39-31(37)26-20-11-9-10-13-23(20)32-24-15-16-34(18(2)3)17-22(24)26/h9-11,13,18-19H,5-8,12,14-17H2,1-4H3,(H,33,35). The molecular weight excluding hydrogens is 526 g/mol. The fourth-order valence-electron chi connectivity index (χ4n) is 5.62. The van der Waals surface area contributed by atoms with Crippen LogP contribution in [0.2, 0.25) is 0 Å². The molecule has 212 valence electrons. The number of esters is 2. The van der Waals surface area contributed by atoms with Crippen LogP contribution in [0, 0.1) is 0 Å². The van der Waals surface area contributed by atoms with E-state index in [1.54, 1.807) is 13.8 Å². The molecule has 1 aliphatic carbocycles. The molecule has 0 saturated heterocycles. The molecule has 1 atom stereocenters. The molecule has 0 spiro atoms. The van der Waals surface area contributed by atoms with Gasteiger partial charge in [0.15, 0.2) is 6.10 Å². The van der Waals surface area contributed by atoms with Gasteiger partial charge >= 0.3 is 11.9 Å². The van der Waals surface area contributed by atoms with Crippen LogP contribution < -0.4 is 5.32 Å². The van der Waals surface area contributed by atoms with E-state index in [1.165, 1.54) is 11.3 Å². The van der Waals surface area contributed by atoms with E-state index in [-0.39, 0.29) is 6.61 Å². The average molecular weight is 564 g/mol. The van der Waals surface area contributed by atoms with Gasteiger partial charge in [0.2, 0.25) is 0 Å². The summed E-state index contributed by atoms with van der Waals surface area (Å²) in [6.07, 6.45) is 4.49. The van der Waals surface area contributed by atoms with Crippen molar-refractivity contribution in [2.24, 2.45) is 0 Å². The molecule has 3 heterocycles. The summed E-state index contributed by atoms with van der Waals surface area (Å²) in [7, 11) is 0. The topological polar surface area (TPSA) is 97.8 Å². The van der Waals surface area contributed by atoms with E-state index in [4.69, 9.17) is 14.5 Å². The van der Waals surface area contributed by atoms with Crippen molar-refractivity contribution in [3.8, 4) is 0 Å². The lowest BCUT2D eigenvalue weighted by atomic mass is 9.95. The van der Waals surface area contributed by atoms with Gasteiger partial charge in [0.05, 0.1) is 23.3 Å². The summed E-state index contributed by atoms with van der Waals surface area (Å²) < 4.78 is 11.1. The normalized spacial score (nSPS) is 16.1. The van der Waals surface area contributed by atoms with E-state index in [0.29, 0.717) is 28.7 Å². The number of benzene rings is 1. The molecule has 0 saturated carbocycles.